The highest BCUT2D eigenvalue weighted by molar-refractivity contribution is 14.0. The molecule has 1 atom stereocenters. The molecule has 0 amide bonds. The largest absolute Gasteiger partial charge is 0.491 e. The molecule has 1 aromatic carbocycles. The van der Waals surface area contributed by atoms with Crippen LogP contribution in [0, 0.1) is 0 Å². The van der Waals surface area contributed by atoms with E-state index in [1.54, 1.807) is 0 Å². The maximum atomic E-state index is 12.1. The zero-order chi connectivity index (χ0) is 17.1. The highest BCUT2D eigenvalue weighted by atomic mass is 127. The number of aliphatic hydroxyl groups excluding tert-OH is 1. The lowest BCUT2D eigenvalue weighted by Gasteiger charge is -2.15. The standard InChI is InChI=1S/C17H28FN3O2.HI/c1-4-19-17(20-10-6-9-18)21-12-16(22)14-7-5-8-15(11-14)23-13(2)3;/h5,7-8,11,13,16,22H,4,6,9-10,12H2,1-3H3,(H2,19,20,21);1H. The van der Waals surface area contributed by atoms with Crippen molar-refractivity contribution < 1.29 is 14.2 Å². The lowest BCUT2D eigenvalue weighted by Crippen LogP contribution is -2.38. The maximum absolute atomic E-state index is 12.1. The summed E-state index contributed by atoms with van der Waals surface area (Å²) >= 11 is 0. The van der Waals surface area contributed by atoms with E-state index in [0.717, 1.165) is 11.3 Å². The molecule has 0 bridgehead atoms. The molecule has 24 heavy (non-hydrogen) atoms. The summed E-state index contributed by atoms with van der Waals surface area (Å²) in [5, 5.41) is 16.4. The Morgan fingerprint density at radius 2 is 2.08 bits per heavy atom. The monoisotopic (exact) mass is 453 g/mol. The van der Waals surface area contributed by atoms with Crippen molar-refractivity contribution in [2.75, 3.05) is 26.3 Å². The Labute approximate surface area is 161 Å². The minimum absolute atomic E-state index is 0. The second-order valence-corrected chi connectivity index (χ2v) is 5.44. The van der Waals surface area contributed by atoms with Crippen molar-refractivity contribution in [1.82, 2.24) is 10.6 Å². The topological polar surface area (TPSA) is 65.9 Å². The quantitative estimate of drug-likeness (QED) is 0.233. The number of rotatable bonds is 9. The fraction of sp³-hybridized carbons (Fsp3) is 0.588. The first kappa shape index (κ1) is 22.9. The summed E-state index contributed by atoms with van der Waals surface area (Å²) in [4.78, 5) is 4.33. The smallest absolute Gasteiger partial charge is 0.191 e. The summed E-state index contributed by atoms with van der Waals surface area (Å²) in [5.41, 5.74) is 0.756. The molecule has 3 N–H and O–H groups in total. The van der Waals surface area contributed by atoms with Crippen LogP contribution >= 0.6 is 24.0 Å². The fourth-order valence-corrected chi connectivity index (χ4v) is 1.97. The molecule has 0 aromatic heterocycles. The zero-order valence-corrected chi connectivity index (χ0v) is 16.9. The SMILES string of the molecule is CCNC(=NCC(O)c1cccc(OC(C)C)c1)NCCCF.I. The number of alkyl halides is 1. The average Bonchev–Trinajstić information content (AvgIpc) is 2.52. The number of aliphatic hydroxyl groups is 1. The molecular formula is C17H29FIN3O2. The van der Waals surface area contributed by atoms with Crippen molar-refractivity contribution in [2.45, 2.75) is 39.4 Å². The van der Waals surface area contributed by atoms with E-state index in [2.05, 4.69) is 15.6 Å². The molecule has 1 unspecified atom stereocenters. The van der Waals surface area contributed by atoms with Crippen LogP contribution in [-0.4, -0.2) is 43.5 Å². The summed E-state index contributed by atoms with van der Waals surface area (Å²) < 4.78 is 17.8. The van der Waals surface area contributed by atoms with Gasteiger partial charge in [-0.25, -0.2) is 0 Å². The highest BCUT2D eigenvalue weighted by Gasteiger charge is 2.09. The number of ether oxygens (including phenoxy) is 1. The van der Waals surface area contributed by atoms with Crippen molar-refractivity contribution in [3.63, 3.8) is 0 Å². The van der Waals surface area contributed by atoms with Crippen molar-refractivity contribution in [3.8, 4) is 5.75 Å². The molecule has 0 aliphatic rings. The molecule has 0 aliphatic carbocycles. The van der Waals surface area contributed by atoms with Gasteiger partial charge in [-0.1, -0.05) is 12.1 Å². The van der Waals surface area contributed by atoms with Crippen LogP contribution in [0.5, 0.6) is 5.75 Å². The normalized spacial score (nSPS) is 12.5. The summed E-state index contributed by atoms with van der Waals surface area (Å²) in [5.74, 6) is 1.31. The molecule has 0 aliphatic heterocycles. The predicted molar refractivity (Wildman–Crippen MR) is 107 cm³/mol. The van der Waals surface area contributed by atoms with Crippen LogP contribution in [0.15, 0.2) is 29.3 Å². The van der Waals surface area contributed by atoms with Gasteiger partial charge in [0.2, 0.25) is 0 Å². The molecule has 0 fully saturated rings. The molecule has 0 heterocycles. The van der Waals surface area contributed by atoms with Gasteiger partial charge >= 0.3 is 0 Å². The van der Waals surface area contributed by atoms with Gasteiger partial charge < -0.3 is 20.5 Å². The van der Waals surface area contributed by atoms with Gasteiger partial charge in [0.25, 0.3) is 0 Å². The Hall–Kier alpha value is -1.09. The first-order valence-electron chi connectivity index (χ1n) is 8.09. The van der Waals surface area contributed by atoms with Gasteiger partial charge in [0.05, 0.1) is 25.4 Å². The Bertz CT molecular complexity index is 487. The lowest BCUT2D eigenvalue weighted by atomic mass is 10.1. The minimum atomic E-state index is -0.720. The summed E-state index contributed by atoms with van der Waals surface area (Å²) in [6, 6.07) is 7.38. The van der Waals surface area contributed by atoms with Crippen molar-refractivity contribution in [1.29, 1.82) is 0 Å². The van der Waals surface area contributed by atoms with E-state index < -0.39 is 6.10 Å². The van der Waals surface area contributed by atoms with Crippen molar-refractivity contribution in [2.24, 2.45) is 4.99 Å². The van der Waals surface area contributed by atoms with Crippen molar-refractivity contribution in [3.05, 3.63) is 29.8 Å². The Morgan fingerprint density at radius 3 is 2.71 bits per heavy atom. The fourth-order valence-electron chi connectivity index (χ4n) is 1.97. The van der Waals surface area contributed by atoms with Gasteiger partial charge in [-0.3, -0.25) is 9.38 Å². The molecule has 1 rings (SSSR count). The number of benzene rings is 1. The van der Waals surface area contributed by atoms with Crippen molar-refractivity contribution >= 4 is 29.9 Å². The molecule has 0 saturated heterocycles. The molecule has 138 valence electrons. The Kier molecular flexibility index (Phi) is 12.6. The van der Waals surface area contributed by atoms with E-state index in [4.69, 9.17) is 4.74 Å². The lowest BCUT2D eigenvalue weighted by molar-refractivity contribution is 0.185. The van der Waals surface area contributed by atoms with Crippen LogP contribution in [0.2, 0.25) is 0 Å². The van der Waals surface area contributed by atoms with E-state index in [1.807, 2.05) is 45.0 Å². The van der Waals surface area contributed by atoms with Crippen LogP contribution in [0.4, 0.5) is 4.39 Å². The van der Waals surface area contributed by atoms with Crippen LogP contribution < -0.4 is 15.4 Å². The number of guanidine groups is 1. The van der Waals surface area contributed by atoms with E-state index in [9.17, 15) is 9.50 Å². The van der Waals surface area contributed by atoms with E-state index in [-0.39, 0.29) is 43.3 Å². The second-order valence-electron chi connectivity index (χ2n) is 5.44. The summed E-state index contributed by atoms with van der Waals surface area (Å²) in [7, 11) is 0. The molecular weight excluding hydrogens is 424 g/mol. The van der Waals surface area contributed by atoms with Crippen LogP contribution in [0.3, 0.4) is 0 Å². The molecule has 7 heteroatoms. The van der Waals surface area contributed by atoms with Crippen LogP contribution in [0.1, 0.15) is 38.9 Å². The van der Waals surface area contributed by atoms with Gasteiger partial charge in [-0.2, -0.15) is 0 Å². The maximum Gasteiger partial charge on any atom is 0.191 e. The second kappa shape index (κ2) is 13.2. The first-order chi connectivity index (χ1) is 11.1. The van der Waals surface area contributed by atoms with E-state index in [0.29, 0.717) is 25.5 Å². The summed E-state index contributed by atoms with van der Waals surface area (Å²) in [6.07, 6.45) is -0.204. The number of hydrogen-bond acceptors (Lipinski definition) is 3. The highest BCUT2D eigenvalue weighted by Crippen LogP contribution is 2.20. The van der Waals surface area contributed by atoms with Gasteiger partial charge in [0.1, 0.15) is 5.75 Å². The zero-order valence-electron chi connectivity index (χ0n) is 14.6. The number of nitrogens with zero attached hydrogens (tertiary/aromatic N) is 1. The first-order valence-corrected chi connectivity index (χ1v) is 8.09. The Balaban J connectivity index is 0.00000529. The molecule has 0 radical (unpaired) electrons. The molecule has 5 nitrogen and oxygen atoms in total. The van der Waals surface area contributed by atoms with Gasteiger partial charge in [-0.15, -0.1) is 24.0 Å². The third kappa shape index (κ3) is 9.27. The third-order valence-corrected chi connectivity index (χ3v) is 2.98. The number of halogens is 2. The Morgan fingerprint density at radius 1 is 1.33 bits per heavy atom. The number of nitrogens with one attached hydrogen (secondary N) is 2. The predicted octanol–water partition coefficient (Wildman–Crippen LogP) is 3.04. The summed E-state index contributed by atoms with van der Waals surface area (Å²) in [6.45, 7) is 6.94. The minimum Gasteiger partial charge on any atom is -0.491 e. The molecule has 1 aromatic rings. The van der Waals surface area contributed by atoms with Gasteiger partial charge in [-0.05, 0) is 44.9 Å². The molecule has 0 saturated carbocycles. The van der Waals surface area contributed by atoms with Crippen LogP contribution in [-0.2, 0) is 0 Å². The van der Waals surface area contributed by atoms with E-state index >= 15 is 0 Å². The average molecular weight is 453 g/mol. The van der Waals surface area contributed by atoms with Gasteiger partial charge in [0, 0.05) is 13.1 Å². The van der Waals surface area contributed by atoms with Gasteiger partial charge in [0.15, 0.2) is 5.96 Å². The van der Waals surface area contributed by atoms with Crippen LogP contribution in [0.25, 0.3) is 0 Å². The van der Waals surface area contributed by atoms with E-state index in [1.165, 1.54) is 0 Å². The number of hydrogen-bond donors (Lipinski definition) is 3. The molecule has 0 spiro atoms. The third-order valence-electron chi connectivity index (χ3n) is 2.98. The number of aliphatic imine (C=N–C) groups is 1.